The summed E-state index contributed by atoms with van der Waals surface area (Å²) in [4.78, 5) is 0. The predicted octanol–water partition coefficient (Wildman–Crippen LogP) is 7.57. The molecule has 32 heavy (non-hydrogen) atoms. The van der Waals surface area contributed by atoms with E-state index in [1.54, 1.807) is 8.87 Å². The first-order valence-corrected chi connectivity index (χ1v) is 16.8. The zero-order valence-electron chi connectivity index (χ0n) is 17.4. The Morgan fingerprint density at radius 3 is 0.875 bits per heavy atom. The van der Waals surface area contributed by atoms with Crippen molar-refractivity contribution < 1.29 is 0 Å². The Morgan fingerprint density at radius 2 is 0.562 bits per heavy atom. The van der Waals surface area contributed by atoms with E-state index in [9.17, 15) is 0 Å². The van der Waals surface area contributed by atoms with Gasteiger partial charge in [0.05, 0.1) is 0 Å². The Morgan fingerprint density at radius 1 is 0.281 bits per heavy atom. The van der Waals surface area contributed by atoms with Gasteiger partial charge in [0, 0.05) is 0 Å². The minimum atomic E-state index is 0.445. The Labute approximate surface area is 199 Å². The molecule has 0 unspecified atom stereocenters. The fourth-order valence-electron chi connectivity index (χ4n) is 4.41. The van der Waals surface area contributed by atoms with Gasteiger partial charge in [0.15, 0.2) is 0 Å². The van der Waals surface area contributed by atoms with E-state index < -0.39 is 0 Å². The number of rotatable bonds is 4. The van der Waals surface area contributed by atoms with Crippen LogP contribution in [0.4, 0.5) is 0 Å². The molecule has 0 fully saturated rings. The summed E-state index contributed by atoms with van der Waals surface area (Å²) in [6.45, 7) is 0. The van der Waals surface area contributed by atoms with Gasteiger partial charge in [-0.1, -0.05) is 0 Å². The zero-order valence-corrected chi connectivity index (χ0v) is 20.8. The van der Waals surface area contributed by atoms with Gasteiger partial charge in [0.2, 0.25) is 0 Å². The molecule has 1 heterocycles. The van der Waals surface area contributed by atoms with Gasteiger partial charge in [-0.2, -0.15) is 0 Å². The van der Waals surface area contributed by atoms with Crippen molar-refractivity contribution in [3.63, 3.8) is 0 Å². The van der Waals surface area contributed by atoms with E-state index in [0.29, 0.717) is 25.3 Å². The molecule has 0 atom stereocenters. The van der Waals surface area contributed by atoms with E-state index in [1.807, 2.05) is 0 Å². The summed E-state index contributed by atoms with van der Waals surface area (Å²) in [6.07, 6.45) is 0. The van der Waals surface area contributed by atoms with Crippen LogP contribution < -0.4 is 0 Å². The van der Waals surface area contributed by atoms with Gasteiger partial charge in [-0.15, -0.1) is 0 Å². The molecule has 0 radical (unpaired) electrons. The molecule has 0 aromatic heterocycles. The van der Waals surface area contributed by atoms with E-state index in [-0.39, 0.29) is 0 Å². The number of hydrogen-bond acceptors (Lipinski definition) is 0. The zero-order chi connectivity index (χ0) is 21.3. The van der Waals surface area contributed by atoms with Crippen LogP contribution in [0, 0.1) is 0 Å². The molecule has 0 saturated heterocycles. The SMILES string of the molecule is c1ccc(-c2[se][se]c(-c3ccccc3)c3c(-c4ccccc4)c(-c4ccccc4)c2-3)cc1. The molecule has 0 spiro atoms. The van der Waals surface area contributed by atoms with Gasteiger partial charge < -0.3 is 0 Å². The van der Waals surface area contributed by atoms with Crippen molar-refractivity contribution in [3.05, 3.63) is 121 Å². The van der Waals surface area contributed by atoms with E-state index in [2.05, 4.69) is 121 Å². The van der Waals surface area contributed by atoms with Gasteiger partial charge in [-0.25, -0.2) is 0 Å². The molecular formula is C30H20Se2. The molecule has 0 nitrogen and oxygen atoms in total. The van der Waals surface area contributed by atoms with Crippen LogP contribution in [-0.2, 0) is 0 Å². The van der Waals surface area contributed by atoms with E-state index in [4.69, 9.17) is 0 Å². The fourth-order valence-corrected chi connectivity index (χ4v) is 12.7. The number of fused-ring (bicyclic) bond motifs is 1. The van der Waals surface area contributed by atoms with Gasteiger partial charge in [-0.05, 0) is 0 Å². The van der Waals surface area contributed by atoms with Crippen LogP contribution in [0.15, 0.2) is 121 Å². The molecule has 0 amide bonds. The molecule has 4 aromatic rings. The van der Waals surface area contributed by atoms with Crippen molar-refractivity contribution in [1.29, 1.82) is 0 Å². The van der Waals surface area contributed by atoms with Crippen LogP contribution in [-0.4, -0.2) is 25.3 Å². The predicted molar refractivity (Wildman–Crippen MR) is 139 cm³/mol. The average Bonchev–Trinajstić information content (AvgIpc) is 2.87. The van der Waals surface area contributed by atoms with Crippen molar-refractivity contribution in [2.45, 2.75) is 0 Å². The third-order valence-electron chi connectivity index (χ3n) is 5.86. The topological polar surface area (TPSA) is 0 Å². The van der Waals surface area contributed by atoms with Crippen LogP contribution >= 0.6 is 0 Å². The first-order chi connectivity index (χ1) is 15.9. The Hall–Kier alpha value is -2.86. The first kappa shape index (κ1) is 19.8. The van der Waals surface area contributed by atoms with Gasteiger partial charge in [0.25, 0.3) is 0 Å². The van der Waals surface area contributed by atoms with Crippen molar-refractivity contribution >= 4 is 25.3 Å². The maximum atomic E-state index is 2.29. The van der Waals surface area contributed by atoms with Crippen molar-refractivity contribution in [2.75, 3.05) is 0 Å². The second-order valence-corrected chi connectivity index (χ2v) is 13.8. The second-order valence-electron chi connectivity index (χ2n) is 7.79. The van der Waals surface area contributed by atoms with Crippen LogP contribution in [0.3, 0.4) is 0 Å². The summed E-state index contributed by atoms with van der Waals surface area (Å²) < 4.78 is 3.12. The Bertz CT molecular complexity index is 1310. The molecule has 2 heteroatoms. The van der Waals surface area contributed by atoms with Gasteiger partial charge in [0.1, 0.15) is 0 Å². The van der Waals surface area contributed by atoms with E-state index >= 15 is 0 Å². The third kappa shape index (κ3) is 3.37. The molecule has 0 N–H and O–H groups in total. The summed E-state index contributed by atoms with van der Waals surface area (Å²) in [5, 5.41) is 0. The first-order valence-electron chi connectivity index (χ1n) is 10.7. The average molecular weight is 538 g/mol. The van der Waals surface area contributed by atoms with Crippen LogP contribution in [0.2, 0.25) is 0 Å². The Kier molecular flexibility index (Phi) is 5.31. The molecule has 0 saturated carbocycles. The minimum absolute atomic E-state index is 0.445. The normalized spacial score (nSPS) is 11.1. The monoisotopic (exact) mass is 540 g/mol. The molecule has 6 rings (SSSR count). The standard InChI is InChI=1S/C30H20Se2/c1-5-13-21(14-6-1)25-26(22-15-7-2-8-16-22)28-27(25)29(23-17-9-3-10-18-23)31-32-30(28)24-19-11-4-12-20-24/h1-20H. The number of hydrogen-bond donors (Lipinski definition) is 0. The summed E-state index contributed by atoms with van der Waals surface area (Å²) in [6, 6.07) is 44.0. The summed E-state index contributed by atoms with van der Waals surface area (Å²) in [5.74, 6) is 0. The van der Waals surface area contributed by atoms with Crippen LogP contribution in [0.25, 0.3) is 53.4 Å². The summed E-state index contributed by atoms with van der Waals surface area (Å²) in [7, 11) is 0. The van der Waals surface area contributed by atoms with Crippen molar-refractivity contribution in [2.24, 2.45) is 0 Å². The number of benzene rings is 4. The van der Waals surface area contributed by atoms with E-state index in [1.165, 1.54) is 44.5 Å². The molecule has 4 aromatic carbocycles. The van der Waals surface area contributed by atoms with Crippen LogP contribution in [0.1, 0.15) is 0 Å². The second kappa shape index (κ2) is 8.58. The van der Waals surface area contributed by atoms with Crippen molar-refractivity contribution in [3.8, 4) is 53.4 Å². The summed E-state index contributed by atoms with van der Waals surface area (Å²) >= 11 is 0.890. The van der Waals surface area contributed by atoms with Gasteiger partial charge >= 0.3 is 200 Å². The fraction of sp³-hybridized carbons (Fsp3) is 0. The molecule has 152 valence electrons. The van der Waals surface area contributed by atoms with Gasteiger partial charge in [-0.3, -0.25) is 0 Å². The quantitative estimate of drug-likeness (QED) is 0.203. The maximum absolute atomic E-state index is 2.29. The molecule has 1 aliphatic heterocycles. The third-order valence-corrected chi connectivity index (χ3v) is 13.1. The van der Waals surface area contributed by atoms with Crippen molar-refractivity contribution in [1.82, 2.24) is 0 Å². The molecule has 0 bridgehead atoms. The van der Waals surface area contributed by atoms with E-state index in [0.717, 1.165) is 0 Å². The Balaban J connectivity index is 1.74. The molecular weight excluding hydrogens is 518 g/mol. The van der Waals surface area contributed by atoms with Crippen LogP contribution in [0.5, 0.6) is 0 Å². The molecule has 1 aliphatic carbocycles. The molecule has 2 aliphatic rings. The summed E-state index contributed by atoms with van der Waals surface area (Å²) in [5.41, 5.74) is 11.2.